The highest BCUT2D eigenvalue weighted by Crippen LogP contribution is 2.65. The fourth-order valence-electron chi connectivity index (χ4n) is 5.55. The van der Waals surface area contributed by atoms with Gasteiger partial charge in [0.15, 0.2) is 0 Å². The van der Waals surface area contributed by atoms with Gasteiger partial charge in [0.2, 0.25) is 0 Å². The molecule has 7 atom stereocenters. The zero-order valence-corrected chi connectivity index (χ0v) is 12.2. The Kier molecular flexibility index (Phi) is 3.04. The second-order valence-electron chi connectivity index (χ2n) is 7.11. The maximum Gasteiger partial charge on any atom is 0.508 e. The Balaban J connectivity index is 1.36. The molecule has 4 aliphatic carbocycles. The first kappa shape index (κ1) is 12.7. The first-order chi connectivity index (χ1) is 9.78. The number of unbranched alkanes of at least 4 members (excludes halogenated alkanes) is 1. The van der Waals surface area contributed by atoms with Crippen LogP contribution in [0.1, 0.15) is 39.0 Å². The Morgan fingerprint density at radius 1 is 1.15 bits per heavy atom. The summed E-state index contributed by atoms with van der Waals surface area (Å²) in [6.45, 7) is 2.59. The molecule has 3 fully saturated rings. The van der Waals surface area contributed by atoms with Crippen molar-refractivity contribution in [2.45, 2.75) is 45.1 Å². The molecule has 0 amide bonds. The summed E-state index contributed by atoms with van der Waals surface area (Å²) in [5, 5.41) is 0. The number of fused-ring (bicyclic) bond motifs is 9. The Labute approximate surface area is 120 Å². The molecule has 3 nitrogen and oxygen atoms in total. The summed E-state index contributed by atoms with van der Waals surface area (Å²) in [6.07, 6.45) is 10.2. The molecule has 4 rings (SSSR count). The van der Waals surface area contributed by atoms with Crippen molar-refractivity contribution in [2.75, 3.05) is 6.61 Å². The molecule has 4 bridgehead atoms. The largest absolute Gasteiger partial charge is 0.508 e. The molecule has 7 unspecified atom stereocenters. The molecule has 0 aliphatic heterocycles. The van der Waals surface area contributed by atoms with Gasteiger partial charge in [-0.2, -0.15) is 0 Å². The van der Waals surface area contributed by atoms with Crippen molar-refractivity contribution in [3.05, 3.63) is 12.2 Å². The molecule has 20 heavy (non-hydrogen) atoms. The third-order valence-electron chi connectivity index (χ3n) is 6.17. The van der Waals surface area contributed by atoms with E-state index in [0.717, 1.165) is 48.9 Å². The van der Waals surface area contributed by atoms with Crippen molar-refractivity contribution in [1.29, 1.82) is 0 Å². The summed E-state index contributed by atoms with van der Waals surface area (Å²) in [5.41, 5.74) is 0. The second kappa shape index (κ2) is 4.78. The van der Waals surface area contributed by atoms with Gasteiger partial charge in [0.1, 0.15) is 6.10 Å². The van der Waals surface area contributed by atoms with Gasteiger partial charge in [-0.15, -0.1) is 0 Å². The third-order valence-corrected chi connectivity index (χ3v) is 6.17. The van der Waals surface area contributed by atoms with E-state index in [9.17, 15) is 4.79 Å². The van der Waals surface area contributed by atoms with Crippen LogP contribution in [0.2, 0.25) is 0 Å². The normalized spacial score (nSPS) is 46.8. The maximum atomic E-state index is 11.7. The fraction of sp³-hybridized carbons (Fsp3) is 0.824. The number of allylic oxidation sites excluding steroid dienone is 2. The molecule has 0 N–H and O–H groups in total. The van der Waals surface area contributed by atoms with E-state index in [2.05, 4.69) is 19.1 Å². The van der Waals surface area contributed by atoms with E-state index < -0.39 is 6.16 Å². The first-order valence-corrected chi connectivity index (χ1v) is 8.29. The lowest BCUT2D eigenvalue weighted by Gasteiger charge is -2.35. The van der Waals surface area contributed by atoms with Gasteiger partial charge in [-0.3, -0.25) is 0 Å². The highest BCUT2D eigenvalue weighted by atomic mass is 16.7. The summed E-state index contributed by atoms with van der Waals surface area (Å²) < 4.78 is 10.8. The number of ether oxygens (including phenoxy) is 2. The van der Waals surface area contributed by atoms with Crippen LogP contribution in [0, 0.1) is 35.5 Å². The quantitative estimate of drug-likeness (QED) is 0.339. The Morgan fingerprint density at radius 3 is 2.75 bits per heavy atom. The zero-order valence-electron chi connectivity index (χ0n) is 12.2. The van der Waals surface area contributed by atoms with Crippen molar-refractivity contribution in [1.82, 2.24) is 0 Å². The number of hydrogen-bond acceptors (Lipinski definition) is 3. The minimum Gasteiger partial charge on any atom is -0.434 e. The second-order valence-corrected chi connectivity index (χ2v) is 7.11. The van der Waals surface area contributed by atoms with E-state index in [-0.39, 0.29) is 6.10 Å². The monoisotopic (exact) mass is 276 g/mol. The van der Waals surface area contributed by atoms with E-state index in [1.807, 2.05) is 0 Å². The van der Waals surface area contributed by atoms with Crippen LogP contribution >= 0.6 is 0 Å². The number of carbonyl (C=O) groups excluding carboxylic acids is 1. The number of hydrogen-bond donors (Lipinski definition) is 0. The van der Waals surface area contributed by atoms with E-state index in [1.165, 1.54) is 12.8 Å². The van der Waals surface area contributed by atoms with Crippen molar-refractivity contribution >= 4 is 6.16 Å². The SMILES string of the molecule is CCCCOC(=O)OC1CC2CC1C1C3C=CC(C3)C21. The smallest absolute Gasteiger partial charge is 0.434 e. The maximum absolute atomic E-state index is 11.7. The fourth-order valence-corrected chi connectivity index (χ4v) is 5.55. The minimum absolute atomic E-state index is 0.128. The van der Waals surface area contributed by atoms with Gasteiger partial charge in [0, 0.05) is 5.92 Å². The molecule has 4 aliphatic rings. The minimum atomic E-state index is -0.439. The van der Waals surface area contributed by atoms with Crippen molar-refractivity contribution in [2.24, 2.45) is 35.5 Å². The Hall–Kier alpha value is -0.990. The van der Waals surface area contributed by atoms with Crippen LogP contribution in [0.3, 0.4) is 0 Å². The van der Waals surface area contributed by atoms with Crippen LogP contribution in [-0.2, 0) is 9.47 Å². The van der Waals surface area contributed by atoms with Crippen LogP contribution in [0.4, 0.5) is 4.79 Å². The Bertz CT molecular complexity index is 430. The number of carbonyl (C=O) groups is 1. The summed E-state index contributed by atoms with van der Waals surface area (Å²) in [5.74, 6) is 4.67. The van der Waals surface area contributed by atoms with Crippen LogP contribution in [-0.4, -0.2) is 18.9 Å². The van der Waals surface area contributed by atoms with E-state index >= 15 is 0 Å². The molecule has 0 aromatic carbocycles. The highest BCUT2D eigenvalue weighted by Gasteiger charge is 2.62. The van der Waals surface area contributed by atoms with Gasteiger partial charge in [-0.05, 0) is 55.3 Å². The standard InChI is InChI=1S/C17H24O3/c1-2-3-6-19-17(18)20-14-9-12-8-13(14)16-11-5-4-10(7-11)15(12)16/h4-5,10-16H,2-3,6-9H2,1H3. The van der Waals surface area contributed by atoms with Gasteiger partial charge >= 0.3 is 6.16 Å². The van der Waals surface area contributed by atoms with Crippen LogP contribution in [0.5, 0.6) is 0 Å². The molecule has 3 heteroatoms. The summed E-state index contributed by atoms with van der Waals surface area (Å²) in [7, 11) is 0. The molecular weight excluding hydrogens is 252 g/mol. The lowest BCUT2D eigenvalue weighted by Crippen LogP contribution is -2.36. The van der Waals surface area contributed by atoms with Gasteiger partial charge in [0.25, 0.3) is 0 Å². The molecule has 0 saturated heterocycles. The van der Waals surface area contributed by atoms with Gasteiger partial charge in [-0.1, -0.05) is 25.5 Å². The lowest BCUT2D eigenvalue weighted by molar-refractivity contribution is -0.0177. The van der Waals surface area contributed by atoms with E-state index in [4.69, 9.17) is 9.47 Å². The molecule has 0 spiro atoms. The molecule has 0 aromatic rings. The predicted molar refractivity (Wildman–Crippen MR) is 75.1 cm³/mol. The zero-order chi connectivity index (χ0) is 13.7. The van der Waals surface area contributed by atoms with E-state index in [1.54, 1.807) is 0 Å². The first-order valence-electron chi connectivity index (χ1n) is 8.29. The van der Waals surface area contributed by atoms with Gasteiger partial charge in [0.05, 0.1) is 6.61 Å². The average Bonchev–Trinajstić information content (AvgIpc) is 3.17. The molecular formula is C17H24O3. The number of rotatable bonds is 4. The third kappa shape index (κ3) is 1.82. The highest BCUT2D eigenvalue weighted by molar-refractivity contribution is 5.60. The van der Waals surface area contributed by atoms with Crippen molar-refractivity contribution < 1.29 is 14.3 Å². The van der Waals surface area contributed by atoms with Crippen LogP contribution in [0.25, 0.3) is 0 Å². The van der Waals surface area contributed by atoms with Crippen molar-refractivity contribution in [3.8, 4) is 0 Å². The van der Waals surface area contributed by atoms with Crippen molar-refractivity contribution in [3.63, 3.8) is 0 Å². The average molecular weight is 276 g/mol. The summed E-state index contributed by atoms with van der Waals surface area (Å²) >= 11 is 0. The topological polar surface area (TPSA) is 35.5 Å². The summed E-state index contributed by atoms with van der Waals surface area (Å²) in [6, 6.07) is 0. The summed E-state index contributed by atoms with van der Waals surface area (Å²) in [4.78, 5) is 11.7. The molecule has 3 saturated carbocycles. The molecule has 0 heterocycles. The van der Waals surface area contributed by atoms with Crippen LogP contribution in [0.15, 0.2) is 12.2 Å². The molecule has 0 aromatic heterocycles. The van der Waals surface area contributed by atoms with Crippen LogP contribution < -0.4 is 0 Å². The Morgan fingerprint density at radius 2 is 1.95 bits per heavy atom. The van der Waals surface area contributed by atoms with E-state index in [0.29, 0.717) is 12.5 Å². The predicted octanol–water partition coefficient (Wildman–Crippen LogP) is 3.79. The lowest BCUT2D eigenvalue weighted by atomic mass is 9.72. The molecule has 110 valence electrons. The molecule has 0 radical (unpaired) electrons. The van der Waals surface area contributed by atoms with Gasteiger partial charge < -0.3 is 9.47 Å². The van der Waals surface area contributed by atoms with Gasteiger partial charge in [-0.25, -0.2) is 4.79 Å².